The molecule has 3 heteroatoms. The molecule has 0 unspecified atom stereocenters. The fourth-order valence-corrected chi connectivity index (χ4v) is 5.22. The molecule has 0 saturated heterocycles. The summed E-state index contributed by atoms with van der Waals surface area (Å²) >= 11 is 0. The Labute approximate surface area is 209 Å². The van der Waals surface area contributed by atoms with Crippen molar-refractivity contribution >= 4 is 21.5 Å². The lowest BCUT2D eigenvalue weighted by atomic mass is 9.77. The number of hydrogen-bond donors (Lipinski definition) is 3. The number of fused-ring (bicyclic) bond motifs is 2. The van der Waals surface area contributed by atoms with Gasteiger partial charge in [0.1, 0.15) is 17.1 Å². The van der Waals surface area contributed by atoms with Crippen LogP contribution in [0.3, 0.4) is 0 Å². The van der Waals surface area contributed by atoms with Gasteiger partial charge in [-0.3, -0.25) is 0 Å². The predicted molar refractivity (Wildman–Crippen MR) is 145 cm³/mol. The summed E-state index contributed by atoms with van der Waals surface area (Å²) in [5.41, 5.74) is 1.01. The van der Waals surface area contributed by atoms with Crippen molar-refractivity contribution in [2.45, 2.75) is 5.60 Å². The van der Waals surface area contributed by atoms with Gasteiger partial charge in [0.15, 0.2) is 0 Å². The molecule has 6 aromatic carbocycles. The lowest BCUT2D eigenvalue weighted by Gasteiger charge is -2.32. The third-order valence-electron chi connectivity index (χ3n) is 6.95. The lowest BCUT2D eigenvalue weighted by Crippen LogP contribution is -2.29. The van der Waals surface area contributed by atoms with Crippen molar-refractivity contribution in [2.75, 3.05) is 0 Å². The van der Waals surface area contributed by atoms with Gasteiger partial charge in [-0.05, 0) is 44.8 Å². The van der Waals surface area contributed by atoms with E-state index in [1.165, 1.54) is 0 Å². The van der Waals surface area contributed by atoms with Crippen molar-refractivity contribution in [3.8, 4) is 22.6 Å². The van der Waals surface area contributed by atoms with Crippen molar-refractivity contribution in [3.05, 3.63) is 144 Å². The van der Waals surface area contributed by atoms with Gasteiger partial charge in [-0.25, -0.2) is 0 Å². The van der Waals surface area contributed by atoms with Gasteiger partial charge in [-0.15, -0.1) is 0 Å². The molecule has 174 valence electrons. The van der Waals surface area contributed by atoms with Crippen molar-refractivity contribution in [3.63, 3.8) is 0 Å². The number of phenolic OH excluding ortho intramolecular Hbond substituents is 2. The van der Waals surface area contributed by atoms with Gasteiger partial charge in [-0.1, -0.05) is 115 Å². The molecule has 0 atom stereocenters. The molecule has 0 radical (unpaired) electrons. The summed E-state index contributed by atoms with van der Waals surface area (Å²) in [6.07, 6.45) is 0. The summed E-state index contributed by atoms with van der Waals surface area (Å²) in [5, 5.41) is 39.0. The van der Waals surface area contributed by atoms with Gasteiger partial charge < -0.3 is 15.3 Å². The topological polar surface area (TPSA) is 60.7 Å². The van der Waals surface area contributed by atoms with Gasteiger partial charge in [0, 0.05) is 16.7 Å². The zero-order valence-electron chi connectivity index (χ0n) is 19.5. The zero-order valence-corrected chi connectivity index (χ0v) is 19.5. The van der Waals surface area contributed by atoms with Crippen LogP contribution in [0.4, 0.5) is 0 Å². The van der Waals surface area contributed by atoms with Gasteiger partial charge >= 0.3 is 0 Å². The summed E-state index contributed by atoms with van der Waals surface area (Å²) in [5.74, 6) is -0.00942. The minimum atomic E-state index is -1.63. The first-order valence-electron chi connectivity index (χ1n) is 11.9. The summed E-state index contributed by atoms with van der Waals surface area (Å²) in [7, 11) is 0. The maximum atomic E-state index is 12.5. The van der Waals surface area contributed by atoms with Crippen LogP contribution in [0.2, 0.25) is 0 Å². The molecule has 0 aliphatic heterocycles. The average Bonchev–Trinajstić information content (AvgIpc) is 2.94. The average molecular weight is 469 g/mol. The Balaban J connectivity index is 1.78. The highest BCUT2D eigenvalue weighted by Crippen LogP contribution is 2.50. The van der Waals surface area contributed by atoms with Crippen LogP contribution in [0.15, 0.2) is 127 Å². The third-order valence-corrected chi connectivity index (χ3v) is 6.95. The Hall–Kier alpha value is -4.60. The standard InChI is InChI=1S/C33H24O3/c34-29-20-19-22-11-7-9-17-26(22)30(29)31-27-18-10-8-12-23(27)21-28(32(31)35)33(36,24-13-3-1-4-14-24)25-15-5-2-6-16-25/h1-21,34-36H. The van der Waals surface area contributed by atoms with Crippen molar-refractivity contribution in [1.29, 1.82) is 0 Å². The number of aromatic hydroxyl groups is 2. The molecule has 0 amide bonds. The quantitative estimate of drug-likeness (QED) is 0.237. The van der Waals surface area contributed by atoms with Crippen LogP contribution in [0.5, 0.6) is 11.5 Å². The number of phenols is 2. The monoisotopic (exact) mass is 468 g/mol. The summed E-state index contributed by atoms with van der Waals surface area (Å²) < 4.78 is 0. The minimum absolute atomic E-state index is 0.0641. The molecule has 6 aromatic rings. The molecule has 36 heavy (non-hydrogen) atoms. The maximum Gasteiger partial charge on any atom is 0.144 e. The van der Waals surface area contributed by atoms with Crippen LogP contribution in [0.1, 0.15) is 16.7 Å². The van der Waals surface area contributed by atoms with Crippen molar-refractivity contribution in [1.82, 2.24) is 0 Å². The second-order valence-electron chi connectivity index (χ2n) is 8.99. The van der Waals surface area contributed by atoms with Crippen LogP contribution in [-0.4, -0.2) is 15.3 Å². The van der Waals surface area contributed by atoms with Gasteiger partial charge in [0.25, 0.3) is 0 Å². The van der Waals surface area contributed by atoms with Gasteiger partial charge in [0.2, 0.25) is 0 Å². The number of hydrogen-bond acceptors (Lipinski definition) is 3. The molecule has 6 rings (SSSR count). The number of aliphatic hydroxyl groups is 1. The van der Waals surface area contributed by atoms with Crippen molar-refractivity contribution < 1.29 is 15.3 Å². The highest BCUT2D eigenvalue weighted by Gasteiger charge is 2.38. The Kier molecular flexibility index (Phi) is 5.21. The van der Waals surface area contributed by atoms with E-state index >= 15 is 0 Å². The first-order valence-corrected chi connectivity index (χ1v) is 11.9. The van der Waals surface area contributed by atoms with E-state index in [1.54, 1.807) is 6.07 Å². The van der Waals surface area contributed by atoms with Crippen LogP contribution in [0.25, 0.3) is 32.7 Å². The van der Waals surface area contributed by atoms with Crippen LogP contribution in [-0.2, 0) is 5.60 Å². The normalized spacial score (nSPS) is 11.7. The molecule has 0 saturated carbocycles. The zero-order chi connectivity index (χ0) is 24.7. The molecule has 0 aliphatic rings. The highest BCUT2D eigenvalue weighted by molar-refractivity contribution is 6.10. The fraction of sp³-hybridized carbons (Fsp3) is 0.0303. The SMILES string of the molecule is Oc1ccc2ccccc2c1-c1c(O)c(C(O)(c2ccccc2)c2ccccc2)cc2ccccc12. The van der Waals surface area contributed by atoms with Crippen LogP contribution >= 0.6 is 0 Å². The second kappa shape index (κ2) is 8.56. The van der Waals surface area contributed by atoms with E-state index < -0.39 is 5.60 Å². The maximum absolute atomic E-state index is 12.5. The summed E-state index contributed by atoms with van der Waals surface area (Å²) in [4.78, 5) is 0. The summed E-state index contributed by atoms with van der Waals surface area (Å²) in [6.45, 7) is 0. The number of benzene rings is 6. The molecular weight excluding hydrogens is 444 g/mol. The van der Waals surface area contributed by atoms with E-state index in [0.29, 0.717) is 27.8 Å². The first-order chi connectivity index (χ1) is 17.6. The van der Waals surface area contributed by atoms with E-state index in [0.717, 1.165) is 21.5 Å². The highest BCUT2D eigenvalue weighted by atomic mass is 16.3. The molecule has 0 spiro atoms. The molecule has 0 aliphatic carbocycles. The molecule has 0 aromatic heterocycles. The molecule has 0 bridgehead atoms. The smallest absolute Gasteiger partial charge is 0.144 e. The second-order valence-corrected chi connectivity index (χ2v) is 8.99. The van der Waals surface area contributed by atoms with Crippen molar-refractivity contribution in [2.24, 2.45) is 0 Å². The minimum Gasteiger partial charge on any atom is -0.507 e. The Morgan fingerprint density at radius 1 is 0.472 bits per heavy atom. The number of rotatable bonds is 4. The molecule has 3 nitrogen and oxygen atoms in total. The fourth-order valence-electron chi connectivity index (χ4n) is 5.22. The molecule has 3 N–H and O–H groups in total. The van der Waals surface area contributed by atoms with E-state index in [-0.39, 0.29) is 11.5 Å². The molecular formula is C33H24O3. The van der Waals surface area contributed by atoms with E-state index in [9.17, 15) is 15.3 Å². The first kappa shape index (κ1) is 21.9. The van der Waals surface area contributed by atoms with Gasteiger partial charge in [-0.2, -0.15) is 0 Å². The van der Waals surface area contributed by atoms with Crippen LogP contribution in [0, 0.1) is 0 Å². The molecule has 0 fully saturated rings. The largest absolute Gasteiger partial charge is 0.507 e. The Morgan fingerprint density at radius 3 is 1.58 bits per heavy atom. The lowest BCUT2D eigenvalue weighted by molar-refractivity contribution is 0.122. The Bertz CT molecular complexity index is 1670. The van der Waals surface area contributed by atoms with Crippen LogP contribution < -0.4 is 0 Å². The predicted octanol–water partition coefficient (Wildman–Crippen LogP) is 7.36. The van der Waals surface area contributed by atoms with Gasteiger partial charge in [0.05, 0.1) is 0 Å². The van der Waals surface area contributed by atoms with E-state index in [2.05, 4.69) is 0 Å². The third kappa shape index (κ3) is 3.33. The summed E-state index contributed by atoms with van der Waals surface area (Å²) in [6, 6.07) is 39.6. The molecule has 0 heterocycles. The van der Waals surface area contributed by atoms with E-state index in [1.807, 2.05) is 121 Å². The van der Waals surface area contributed by atoms with E-state index in [4.69, 9.17) is 0 Å². The Morgan fingerprint density at radius 2 is 0.972 bits per heavy atom.